The number of carbonyl (C=O) groups is 2. The molecule has 1 aromatic carbocycles. The van der Waals surface area contributed by atoms with Crippen LogP contribution in [0.25, 0.3) is 0 Å². The van der Waals surface area contributed by atoms with Crippen molar-refractivity contribution in [3.63, 3.8) is 0 Å². The topological polar surface area (TPSA) is 66.4 Å². The maximum absolute atomic E-state index is 11.7. The average Bonchev–Trinajstić information content (AvgIpc) is 2.15. The molecule has 1 amide bonds. The molecule has 4 nitrogen and oxygen atoms in total. The standard InChI is InChI=1S/C11H12BrNO3/c1-6-3-8(5-9(12)4-6)10(14)13-7(2)11(15)16/h3-5,7H,1-2H3,(H,13,14)(H,15,16)/t7-/m1/s1. The summed E-state index contributed by atoms with van der Waals surface area (Å²) in [6, 6.07) is 4.33. The van der Waals surface area contributed by atoms with Gasteiger partial charge in [-0.15, -0.1) is 0 Å². The van der Waals surface area contributed by atoms with Gasteiger partial charge in [0.2, 0.25) is 0 Å². The van der Waals surface area contributed by atoms with Gasteiger partial charge >= 0.3 is 5.97 Å². The number of hydrogen-bond donors (Lipinski definition) is 2. The van der Waals surface area contributed by atoms with E-state index in [1.165, 1.54) is 6.92 Å². The summed E-state index contributed by atoms with van der Waals surface area (Å²) in [6.07, 6.45) is 0. The van der Waals surface area contributed by atoms with Crippen LogP contribution in [-0.4, -0.2) is 23.0 Å². The summed E-state index contributed by atoms with van der Waals surface area (Å²) in [5.74, 6) is -1.45. The van der Waals surface area contributed by atoms with Crippen molar-refractivity contribution in [2.24, 2.45) is 0 Å². The molecule has 0 radical (unpaired) electrons. The van der Waals surface area contributed by atoms with Gasteiger partial charge in [-0.1, -0.05) is 15.9 Å². The third-order valence-electron chi connectivity index (χ3n) is 2.02. The second kappa shape index (κ2) is 5.12. The lowest BCUT2D eigenvalue weighted by Crippen LogP contribution is -2.38. The summed E-state index contributed by atoms with van der Waals surface area (Å²) in [5, 5.41) is 11.1. The van der Waals surface area contributed by atoms with E-state index in [2.05, 4.69) is 21.2 Å². The number of amides is 1. The van der Waals surface area contributed by atoms with Crippen molar-refractivity contribution >= 4 is 27.8 Å². The lowest BCUT2D eigenvalue weighted by atomic mass is 10.1. The number of halogens is 1. The van der Waals surface area contributed by atoms with Crippen LogP contribution in [-0.2, 0) is 4.79 Å². The summed E-state index contributed by atoms with van der Waals surface area (Å²) in [7, 11) is 0. The van der Waals surface area contributed by atoms with Crippen LogP contribution >= 0.6 is 15.9 Å². The predicted molar refractivity (Wildman–Crippen MR) is 63.4 cm³/mol. The molecular weight excluding hydrogens is 274 g/mol. The first-order valence-electron chi connectivity index (χ1n) is 4.71. The molecule has 0 aliphatic carbocycles. The molecule has 1 aromatic rings. The summed E-state index contributed by atoms with van der Waals surface area (Å²) < 4.78 is 0.792. The zero-order valence-corrected chi connectivity index (χ0v) is 10.5. The van der Waals surface area contributed by atoms with Crippen LogP contribution in [0.2, 0.25) is 0 Å². The van der Waals surface area contributed by atoms with Crippen LogP contribution in [0.5, 0.6) is 0 Å². The van der Waals surface area contributed by atoms with Gasteiger partial charge in [-0.3, -0.25) is 9.59 Å². The molecule has 0 aliphatic heterocycles. The SMILES string of the molecule is Cc1cc(Br)cc(C(=O)N[C@H](C)C(=O)O)c1. The minimum atomic E-state index is -1.06. The van der Waals surface area contributed by atoms with Gasteiger partial charge in [-0.2, -0.15) is 0 Å². The van der Waals surface area contributed by atoms with E-state index in [1.807, 2.05) is 13.0 Å². The fourth-order valence-electron chi connectivity index (χ4n) is 1.21. The molecule has 0 unspecified atom stereocenters. The van der Waals surface area contributed by atoms with Gasteiger partial charge in [-0.25, -0.2) is 0 Å². The second-order valence-corrected chi connectivity index (χ2v) is 4.47. The highest BCUT2D eigenvalue weighted by Gasteiger charge is 2.15. The summed E-state index contributed by atoms with van der Waals surface area (Å²) >= 11 is 3.28. The Bertz CT molecular complexity index is 411. The summed E-state index contributed by atoms with van der Waals surface area (Å²) in [5.41, 5.74) is 1.38. The number of benzene rings is 1. The molecule has 0 aliphatic rings. The largest absolute Gasteiger partial charge is 0.480 e. The Kier molecular flexibility index (Phi) is 4.06. The van der Waals surface area contributed by atoms with Crippen LogP contribution < -0.4 is 5.32 Å². The summed E-state index contributed by atoms with van der Waals surface area (Å²) in [4.78, 5) is 22.2. The number of carboxylic acid groups (broad SMARTS) is 1. The van der Waals surface area contributed by atoms with Crippen molar-refractivity contribution in [1.82, 2.24) is 5.32 Å². The lowest BCUT2D eigenvalue weighted by molar-refractivity contribution is -0.138. The first kappa shape index (κ1) is 12.7. The Hall–Kier alpha value is -1.36. The van der Waals surface area contributed by atoms with E-state index in [0.717, 1.165) is 10.0 Å². The minimum Gasteiger partial charge on any atom is -0.480 e. The van der Waals surface area contributed by atoms with E-state index >= 15 is 0 Å². The average molecular weight is 286 g/mol. The van der Waals surface area contributed by atoms with Crippen LogP contribution in [0.1, 0.15) is 22.8 Å². The Labute approximate surface area is 102 Å². The van der Waals surface area contributed by atoms with Crippen molar-refractivity contribution in [3.05, 3.63) is 33.8 Å². The fourth-order valence-corrected chi connectivity index (χ4v) is 1.82. The number of aliphatic carboxylic acids is 1. The third kappa shape index (κ3) is 3.34. The van der Waals surface area contributed by atoms with Crippen molar-refractivity contribution in [2.45, 2.75) is 19.9 Å². The van der Waals surface area contributed by atoms with E-state index in [0.29, 0.717) is 5.56 Å². The number of nitrogens with one attached hydrogen (secondary N) is 1. The zero-order valence-electron chi connectivity index (χ0n) is 8.95. The van der Waals surface area contributed by atoms with E-state index in [9.17, 15) is 9.59 Å². The Balaban J connectivity index is 2.84. The van der Waals surface area contributed by atoms with Gasteiger partial charge < -0.3 is 10.4 Å². The highest BCUT2D eigenvalue weighted by molar-refractivity contribution is 9.10. The molecule has 0 saturated carbocycles. The quantitative estimate of drug-likeness (QED) is 0.892. The molecule has 0 bridgehead atoms. The molecule has 0 aromatic heterocycles. The minimum absolute atomic E-state index is 0.390. The number of hydrogen-bond acceptors (Lipinski definition) is 2. The molecule has 86 valence electrons. The Morgan fingerprint density at radius 1 is 1.38 bits per heavy atom. The van der Waals surface area contributed by atoms with E-state index in [1.54, 1.807) is 12.1 Å². The molecule has 0 fully saturated rings. The van der Waals surface area contributed by atoms with Crippen molar-refractivity contribution < 1.29 is 14.7 Å². The van der Waals surface area contributed by atoms with Gasteiger partial charge in [0, 0.05) is 10.0 Å². The first-order chi connectivity index (χ1) is 7.40. The molecule has 0 saturated heterocycles. The maximum atomic E-state index is 11.7. The fraction of sp³-hybridized carbons (Fsp3) is 0.273. The Morgan fingerprint density at radius 3 is 2.50 bits per heavy atom. The third-order valence-corrected chi connectivity index (χ3v) is 2.48. The number of carboxylic acids is 1. The van der Waals surface area contributed by atoms with Gasteiger partial charge in [0.1, 0.15) is 6.04 Å². The van der Waals surface area contributed by atoms with Crippen molar-refractivity contribution in [3.8, 4) is 0 Å². The maximum Gasteiger partial charge on any atom is 0.325 e. The van der Waals surface area contributed by atoms with E-state index in [4.69, 9.17) is 5.11 Å². The van der Waals surface area contributed by atoms with E-state index < -0.39 is 12.0 Å². The first-order valence-corrected chi connectivity index (χ1v) is 5.50. The number of rotatable bonds is 3. The van der Waals surface area contributed by atoms with Crippen LogP contribution in [0.4, 0.5) is 0 Å². The molecule has 16 heavy (non-hydrogen) atoms. The molecule has 5 heteroatoms. The van der Waals surface area contributed by atoms with Gasteiger partial charge in [-0.05, 0) is 37.6 Å². The second-order valence-electron chi connectivity index (χ2n) is 3.55. The van der Waals surface area contributed by atoms with Gasteiger partial charge in [0.25, 0.3) is 5.91 Å². The molecule has 0 heterocycles. The highest BCUT2D eigenvalue weighted by Crippen LogP contribution is 2.15. The normalized spacial score (nSPS) is 11.9. The highest BCUT2D eigenvalue weighted by atomic mass is 79.9. The van der Waals surface area contributed by atoms with Crippen molar-refractivity contribution in [2.75, 3.05) is 0 Å². The summed E-state index contributed by atoms with van der Waals surface area (Å²) in [6.45, 7) is 3.28. The van der Waals surface area contributed by atoms with Gasteiger partial charge in [0.15, 0.2) is 0 Å². The predicted octanol–water partition coefficient (Wildman–Crippen LogP) is 1.96. The number of aryl methyl sites for hydroxylation is 1. The van der Waals surface area contributed by atoms with Gasteiger partial charge in [0.05, 0.1) is 0 Å². The Morgan fingerprint density at radius 2 is 2.00 bits per heavy atom. The molecule has 1 atom stereocenters. The lowest BCUT2D eigenvalue weighted by Gasteiger charge is -2.09. The van der Waals surface area contributed by atoms with Crippen LogP contribution in [0, 0.1) is 6.92 Å². The molecular formula is C11H12BrNO3. The van der Waals surface area contributed by atoms with Crippen molar-refractivity contribution in [1.29, 1.82) is 0 Å². The molecule has 1 rings (SSSR count). The van der Waals surface area contributed by atoms with Crippen LogP contribution in [0.3, 0.4) is 0 Å². The number of carbonyl (C=O) groups excluding carboxylic acids is 1. The van der Waals surface area contributed by atoms with Crippen LogP contribution in [0.15, 0.2) is 22.7 Å². The van der Waals surface area contributed by atoms with E-state index in [-0.39, 0.29) is 5.91 Å². The smallest absolute Gasteiger partial charge is 0.325 e. The molecule has 2 N–H and O–H groups in total. The molecule has 0 spiro atoms. The zero-order chi connectivity index (χ0) is 12.3. The monoisotopic (exact) mass is 285 g/mol.